The molecule has 1 aliphatic rings. The summed E-state index contributed by atoms with van der Waals surface area (Å²) < 4.78 is 1.75. The van der Waals surface area contributed by atoms with Gasteiger partial charge in [-0.15, -0.1) is 0 Å². The van der Waals surface area contributed by atoms with Gasteiger partial charge in [-0.3, -0.25) is 4.79 Å². The smallest absolute Gasteiger partial charge is 0.255 e. The zero-order valence-corrected chi connectivity index (χ0v) is 15.3. The first-order valence-corrected chi connectivity index (χ1v) is 9.60. The van der Waals surface area contributed by atoms with Crippen LogP contribution in [0.25, 0.3) is 0 Å². The lowest BCUT2D eigenvalue weighted by atomic mass is 9.84. The number of amides is 1. The van der Waals surface area contributed by atoms with Crippen molar-refractivity contribution in [1.82, 2.24) is 14.8 Å². The first-order valence-electron chi connectivity index (χ1n) is 9.60. The monoisotopic (exact) mass is 360 g/mol. The Hall–Kier alpha value is -2.95. The molecule has 1 heterocycles. The van der Waals surface area contributed by atoms with E-state index in [0.717, 1.165) is 11.3 Å². The molecule has 5 nitrogen and oxygen atoms in total. The van der Waals surface area contributed by atoms with Gasteiger partial charge < -0.3 is 5.32 Å². The van der Waals surface area contributed by atoms with Gasteiger partial charge in [0.15, 0.2) is 0 Å². The second kappa shape index (κ2) is 8.16. The molecule has 1 saturated carbocycles. The molecule has 0 spiro atoms. The topological polar surface area (TPSA) is 59.8 Å². The number of rotatable bonds is 5. The summed E-state index contributed by atoms with van der Waals surface area (Å²) in [6.45, 7) is 0.625. The molecule has 5 heteroatoms. The molecule has 0 unspecified atom stereocenters. The zero-order valence-electron chi connectivity index (χ0n) is 15.3. The van der Waals surface area contributed by atoms with E-state index in [9.17, 15) is 4.79 Å². The van der Waals surface area contributed by atoms with Crippen LogP contribution in [0, 0.1) is 0 Å². The molecule has 0 radical (unpaired) electrons. The number of anilines is 1. The van der Waals surface area contributed by atoms with E-state index < -0.39 is 0 Å². The highest BCUT2D eigenvalue weighted by atomic mass is 16.1. The van der Waals surface area contributed by atoms with Crippen molar-refractivity contribution in [1.29, 1.82) is 0 Å². The second-order valence-corrected chi connectivity index (χ2v) is 7.20. The fourth-order valence-electron chi connectivity index (χ4n) is 3.79. The fourth-order valence-corrected chi connectivity index (χ4v) is 3.79. The van der Waals surface area contributed by atoms with Crippen LogP contribution in [-0.4, -0.2) is 20.7 Å². The van der Waals surface area contributed by atoms with E-state index in [2.05, 4.69) is 27.5 Å². The second-order valence-electron chi connectivity index (χ2n) is 7.20. The maximum atomic E-state index is 12.6. The molecule has 0 bridgehead atoms. The molecule has 4 rings (SSSR count). The molecule has 3 aromatic rings. The number of carbonyl (C=O) groups excluding carboxylic acids is 1. The lowest BCUT2D eigenvalue weighted by Crippen LogP contribution is -2.12. The van der Waals surface area contributed by atoms with E-state index in [1.54, 1.807) is 11.0 Å². The van der Waals surface area contributed by atoms with Crippen molar-refractivity contribution in [3.05, 3.63) is 77.9 Å². The third-order valence-electron chi connectivity index (χ3n) is 5.25. The standard InChI is InChI=1S/C22H24N4O/c27-22(20-11-9-19(10-12-20)18-6-2-1-3-7-18)25-21-8-4-5-17(13-21)14-26-16-23-15-24-26/h4-5,8-13,15-16,18H,1-3,6-7,14H2,(H,25,27). The fraction of sp³-hybridized carbons (Fsp3) is 0.318. The third kappa shape index (κ3) is 4.42. The van der Waals surface area contributed by atoms with Crippen molar-refractivity contribution < 1.29 is 4.79 Å². The van der Waals surface area contributed by atoms with Crippen LogP contribution in [0.15, 0.2) is 61.2 Å². The Kier molecular flexibility index (Phi) is 5.28. The van der Waals surface area contributed by atoms with Gasteiger partial charge in [0.2, 0.25) is 0 Å². The molecule has 1 aliphatic carbocycles. The predicted molar refractivity (Wildman–Crippen MR) is 106 cm³/mol. The molecule has 1 amide bonds. The summed E-state index contributed by atoms with van der Waals surface area (Å²) in [5.74, 6) is 0.576. The van der Waals surface area contributed by atoms with E-state index in [-0.39, 0.29) is 5.91 Å². The Morgan fingerprint density at radius 3 is 2.63 bits per heavy atom. The summed E-state index contributed by atoms with van der Waals surface area (Å²) in [7, 11) is 0. The Morgan fingerprint density at radius 2 is 1.89 bits per heavy atom. The van der Waals surface area contributed by atoms with Crippen LogP contribution in [0.3, 0.4) is 0 Å². The lowest BCUT2D eigenvalue weighted by Gasteiger charge is -2.22. The van der Waals surface area contributed by atoms with Crippen LogP contribution in [0.5, 0.6) is 0 Å². The van der Waals surface area contributed by atoms with Crippen molar-refractivity contribution >= 4 is 11.6 Å². The number of nitrogens with zero attached hydrogens (tertiary/aromatic N) is 3. The SMILES string of the molecule is O=C(Nc1cccc(Cn2cncn2)c1)c1ccc(C2CCCCC2)cc1. The molecule has 1 N–H and O–H groups in total. The zero-order chi connectivity index (χ0) is 18.5. The van der Waals surface area contributed by atoms with E-state index in [0.29, 0.717) is 18.0 Å². The highest BCUT2D eigenvalue weighted by molar-refractivity contribution is 6.04. The first kappa shape index (κ1) is 17.5. The third-order valence-corrected chi connectivity index (χ3v) is 5.25. The van der Waals surface area contributed by atoms with E-state index >= 15 is 0 Å². The summed E-state index contributed by atoms with van der Waals surface area (Å²) >= 11 is 0. The molecule has 1 fully saturated rings. The van der Waals surface area contributed by atoms with Crippen molar-refractivity contribution in [3.8, 4) is 0 Å². The van der Waals surface area contributed by atoms with E-state index in [1.807, 2.05) is 36.4 Å². The Bertz CT molecular complexity index is 881. The van der Waals surface area contributed by atoms with E-state index in [4.69, 9.17) is 0 Å². The molecule has 27 heavy (non-hydrogen) atoms. The number of benzene rings is 2. The van der Waals surface area contributed by atoms with Gasteiger partial charge in [0.25, 0.3) is 5.91 Å². The minimum absolute atomic E-state index is 0.0805. The average Bonchev–Trinajstić information content (AvgIpc) is 3.22. The normalized spacial score (nSPS) is 14.8. The first-order chi connectivity index (χ1) is 13.3. The molecule has 0 saturated heterocycles. The number of nitrogens with one attached hydrogen (secondary N) is 1. The summed E-state index contributed by atoms with van der Waals surface area (Å²) in [5.41, 5.74) is 3.90. The Morgan fingerprint density at radius 1 is 1.07 bits per heavy atom. The van der Waals surface area contributed by atoms with Crippen molar-refractivity contribution in [2.45, 2.75) is 44.6 Å². The van der Waals surface area contributed by atoms with Gasteiger partial charge in [-0.1, -0.05) is 43.5 Å². The van der Waals surface area contributed by atoms with Crippen molar-refractivity contribution in [2.24, 2.45) is 0 Å². The van der Waals surface area contributed by atoms with Gasteiger partial charge >= 0.3 is 0 Å². The van der Waals surface area contributed by atoms with Crippen molar-refractivity contribution in [3.63, 3.8) is 0 Å². The van der Waals surface area contributed by atoms with Gasteiger partial charge in [-0.25, -0.2) is 9.67 Å². The summed E-state index contributed by atoms with van der Waals surface area (Å²) in [5, 5.41) is 7.11. The average molecular weight is 360 g/mol. The minimum Gasteiger partial charge on any atom is -0.322 e. The quantitative estimate of drug-likeness (QED) is 0.722. The van der Waals surface area contributed by atoms with Gasteiger partial charge in [-0.2, -0.15) is 5.10 Å². The molecule has 0 atom stereocenters. The number of hydrogen-bond acceptors (Lipinski definition) is 3. The molecule has 138 valence electrons. The van der Waals surface area contributed by atoms with Gasteiger partial charge in [0, 0.05) is 11.3 Å². The number of aromatic nitrogens is 3. The molecular weight excluding hydrogens is 336 g/mol. The van der Waals surface area contributed by atoms with Crippen LogP contribution in [-0.2, 0) is 6.54 Å². The molecule has 2 aromatic carbocycles. The van der Waals surface area contributed by atoms with Gasteiger partial charge in [0.05, 0.1) is 6.54 Å². The van der Waals surface area contributed by atoms with Crippen molar-refractivity contribution in [2.75, 3.05) is 5.32 Å². The Balaban J connectivity index is 1.41. The van der Waals surface area contributed by atoms with Crippen LogP contribution < -0.4 is 5.32 Å². The highest BCUT2D eigenvalue weighted by Crippen LogP contribution is 2.32. The number of hydrogen-bond donors (Lipinski definition) is 1. The van der Waals surface area contributed by atoms with Gasteiger partial charge in [0.1, 0.15) is 12.7 Å². The van der Waals surface area contributed by atoms with Crippen LogP contribution in [0.4, 0.5) is 5.69 Å². The lowest BCUT2D eigenvalue weighted by molar-refractivity contribution is 0.102. The largest absolute Gasteiger partial charge is 0.322 e. The molecular formula is C22H24N4O. The molecule has 1 aromatic heterocycles. The van der Waals surface area contributed by atoms with Gasteiger partial charge in [-0.05, 0) is 54.2 Å². The minimum atomic E-state index is -0.0805. The maximum Gasteiger partial charge on any atom is 0.255 e. The Labute approximate surface area is 159 Å². The van der Waals surface area contributed by atoms with Crippen LogP contribution in [0.1, 0.15) is 59.5 Å². The van der Waals surface area contributed by atoms with Crippen LogP contribution in [0.2, 0.25) is 0 Å². The predicted octanol–water partition coefficient (Wildman–Crippen LogP) is 4.63. The molecule has 0 aliphatic heterocycles. The summed E-state index contributed by atoms with van der Waals surface area (Å²) in [6, 6.07) is 15.9. The highest BCUT2D eigenvalue weighted by Gasteiger charge is 2.16. The van der Waals surface area contributed by atoms with E-state index in [1.165, 1.54) is 44.0 Å². The summed E-state index contributed by atoms with van der Waals surface area (Å²) in [4.78, 5) is 16.5. The van der Waals surface area contributed by atoms with Crippen LogP contribution >= 0.6 is 0 Å². The maximum absolute atomic E-state index is 12.6. The summed E-state index contributed by atoms with van der Waals surface area (Å²) in [6.07, 6.45) is 9.72. The number of carbonyl (C=O) groups is 1.